The molecule has 1 aromatic carbocycles. The van der Waals surface area contributed by atoms with Gasteiger partial charge in [0.05, 0.1) is 24.5 Å². The molecule has 2 rings (SSSR count). The smallest absolute Gasteiger partial charge is 0.319 e. The Hall–Kier alpha value is -2.34. The van der Waals surface area contributed by atoms with Gasteiger partial charge in [-0.15, -0.1) is 0 Å². The van der Waals surface area contributed by atoms with Crippen LogP contribution in [0.2, 0.25) is 0 Å². The van der Waals surface area contributed by atoms with Crippen molar-refractivity contribution in [1.29, 1.82) is 0 Å². The van der Waals surface area contributed by atoms with Gasteiger partial charge in [-0.1, -0.05) is 37.3 Å². The quantitative estimate of drug-likeness (QED) is 0.762. The van der Waals surface area contributed by atoms with Crippen LogP contribution in [0.25, 0.3) is 0 Å². The van der Waals surface area contributed by atoms with Crippen LogP contribution >= 0.6 is 0 Å². The van der Waals surface area contributed by atoms with Crippen molar-refractivity contribution in [2.75, 3.05) is 11.9 Å². The first-order valence-corrected chi connectivity index (χ1v) is 6.98. The van der Waals surface area contributed by atoms with Crippen molar-refractivity contribution in [2.45, 2.75) is 25.9 Å². The third-order valence-corrected chi connectivity index (χ3v) is 3.03. The fourth-order valence-electron chi connectivity index (χ4n) is 2.02. The molecule has 0 aliphatic heterocycles. The van der Waals surface area contributed by atoms with Gasteiger partial charge in [0.2, 0.25) is 0 Å². The van der Waals surface area contributed by atoms with Gasteiger partial charge in [0, 0.05) is 12.7 Å². The summed E-state index contributed by atoms with van der Waals surface area (Å²) in [7, 11) is 0. The van der Waals surface area contributed by atoms with E-state index in [2.05, 4.69) is 22.7 Å². The average Bonchev–Trinajstić information content (AvgIpc) is 2.93. The van der Waals surface area contributed by atoms with E-state index in [1.165, 1.54) is 0 Å². The highest BCUT2D eigenvalue weighted by atomic mass is 16.3. The largest absolute Gasteiger partial charge is 0.394 e. The Bertz CT molecular complexity index is 568. The van der Waals surface area contributed by atoms with Crippen molar-refractivity contribution in [3.05, 3.63) is 48.3 Å². The molecule has 112 valence electrons. The van der Waals surface area contributed by atoms with Crippen molar-refractivity contribution in [3.63, 3.8) is 0 Å². The van der Waals surface area contributed by atoms with Gasteiger partial charge >= 0.3 is 6.03 Å². The topological polar surface area (TPSA) is 79.2 Å². The maximum atomic E-state index is 12.0. The molecule has 0 radical (unpaired) electrons. The maximum absolute atomic E-state index is 12.0. The molecule has 0 fully saturated rings. The maximum Gasteiger partial charge on any atom is 0.319 e. The lowest BCUT2D eigenvalue weighted by Gasteiger charge is -2.16. The number of aliphatic hydroxyl groups excluding tert-OH is 1. The number of nitrogens with zero attached hydrogens (tertiary/aromatic N) is 2. The lowest BCUT2D eigenvalue weighted by Crippen LogP contribution is -2.34. The number of nitrogens with one attached hydrogen (secondary N) is 2. The summed E-state index contributed by atoms with van der Waals surface area (Å²) in [6.07, 6.45) is 4.36. The number of carbonyl (C=O) groups is 1. The second-order valence-electron chi connectivity index (χ2n) is 4.74. The number of aliphatic hydroxyl groups is 1. The molecule has 1 atom stereocenters. The van der Waals surface area contributed by atoms with Crippen LogP contribution in [0.1, 0.15) is 24.9 Å². The summed E-state index contributed by atoms with van der Waals surface area (Å²) in [5.74, 6) is 0. The molecule has 1 unspecified atom stereocenters. The summed E-state index contributed by atoms with van der Waals surface area (Å²) in [5, 5.41) is 19.0. The molecule has 6 nitrogen and oxygen atoms in total. The number of aryl methyl sites for hydroxylation is 1. The molecular formula is C15H20N4O2. The van der Waals surface area contributed by atoms with Crippen LogP contribution in [0.15, 0.2) is 42.7 Å². The Kier molecular flexibility index (Phi) is 5.34. The van der Waals surface area contributed by atoms with E-state index >= 15 is 0 Å². The van der Waals surface area contributed by atoms with Crippen molar-refractivity contribution >= 4 is 11.7 Å². The number of urea groups is 1. The van der Waals surface area contributed by atoms with Gasteiger partial charge in [0.15, 0.2) is 0 Å². The highest BCUT2D eigenvalue weighted by Gasteiger charge is 2.13. The summed E-state index contributed by atoms with van der Waals surface area (Å²) >= 11 is 0. The zero-order valence-corrected chi connectivity index (χ0v) is 12.0. The Morgan fingerprint density at radius 3 is 2.81 bits per heavy atom. The lowest BCUT2D eigenvalue weighted by molar-refractivity contribution is 0.225. The number of hydrogen-bond acceptors (Lipinski definition) is 3. The van der Waals surface area contributed by atoms with E-state index in [4.69, 9.17) is 0 Å². The predicted octanol–water partition coefficient (Wildman–Crippen LogP) is 2.15. The fraction of sp³-hybridized carbons (Fsp3) is 0.333. The minimum absolute atomic E-state index is 0.160. The first-order valence-electron chi connectivity index (χ1n) is 6.98. The third-order valence-electron chi connectivity index (χ3n) is 3.03. The minimum atomic E-state index is -0.433. The second-order valence-corrected chi connectivity index (χ2v) is 4.74. The number of anilines is 1. The number of amides is 2. The van der Waals surface area contributed by atoms with E-state index in [1.54, 1.807) is 17.1 Å². The molecule has 21 heavy (non-hydrogen) atoms. The molecule has 0 saturated carbocycles. The van der Waals surface area contributed by atoms with E-state index in [-0.39, 0.29) is 12.6 Å². The summed E-state index contributed by atoms with van der Waals surface area (Å²) in [4.78, 5) is 12.0. The molecule has 0 saturated heterocycles. The first kappa shape index (κ1) is 15.1. The zero-order chi connectivity index (χ0) is 15.1. The van der Waals surface area contributed by atoms with Crippen LogP contribution in [0.4, 0.5) is 10.5 Å². The van der Waals surface area contributed by atoms with Gasteiger partial charge in [-0.25, -0.2) is 4.79 Å². The Balaban J connectivity index is 1.93. The number of hydrogen-bond donors (Lipinski definition) is 3. The molecule has 2 aromatic rings. The summed E-state index contributed by atoms with van der Waals surface area (Å²) in [6, 6.07) is 8.55. The minimum Gasteiger partial charge on any atom is -0.394 e. The second kappa shape index (κ2) is 7.44. The number of carbonyl (C=O) groups excluding carboxylic acids is 1. The monoisotopic (exact) mass is 288 g/mol. The highest BCUT2D eigenvalue weighted by Crippen LogP contribution is 2.12. The van der Waals surface area contributed by atoms with Crippen LogP contribution in [0, 0.1) is 0 Å². The molecule has 0 aliphatic rings. The highest BCUT2D eigenvalue weighted by molar-refractivity contribution is 5.89. The van der Waals surface area contributed by atoms with Gasteiger partial charge < -0.3 is 15.7 Å². The van der Waals surface area contributed by atoms with E-state index in [0.29, 0.717) is 5.69 Å². The van der Waals surface area contributed by atoms with E-state index in [1.807, 2.05) is 30.3 Å². The Morgan fingerprint density at radius 2 is 2.14 bits per heavy atom. The van der Waals surface area contributed by atoms with Crippen molar-refractivity contribution in [3.8, 4) is 0 Å². The molecule has 6 heteroatoms. The van der Waals surface area contributed by atoms with Crippen LogP contribution in [0.3, 0.4) is 0 Å². The fourth-order valence-corrected chi connectivity index (χ4v) is 2.02. The van der Waals surface area contributed by atoms with Crippen LogP contribution in [-0.2, 0) is 6.54 Å². The van der Waals surface area contributed by atoms with Crippen LogP contribution in [-0.4, -0.2) is 27.5 Å². The van der Waals surface area contributed by atoms with Gasteiger partial charge in [0.1, 0.15) is 0 Å². The van der Waals surface area contributed by atoms with Gasteiger partial charge in [-0.2, -0.15) is 5.10 Å². The predicted molar refractivity (Wildman–Crippen MR) is 80.9 cm³/mol. The van der Waals surface area contributed by atoms with E-state index < -0.39 is 6.04 Å². The van der Waals surface area contributed by atoms with Crippen LogP contribution in [0.5, 0.6) is 0 Å². The molecular weight excluding hydrogens is 268 g/mol. The molecule has 0 bridgehead atoms. The molecule has 3 N–H and O–H groups in total. The molecule has 1 heterocycles. The summed E-state index contributed by atoms with van der Waals surface area (Å²) in [5.41, 5.74) is 1.49. The average molecular weight is 288 g/mol. The first-order chi connectivity index (χ1) is 10.2. The Labute approximate surface area is 123 Å². The lowest BCUT2D eigenvalue weighted by atomic mass is 10.1. The SMILES string of the molecule is CCCn1cc(NC(=O)NC(CO)c2ccccc2)cn1. The number of benzene rings is 1. The van der Waals surface area contributed by atoms with Gasteiger partial charge in [-0.3, -0.25) is 4.68 Å². The van der Waals surface area contributed by atoms with Gasteiger partial charge in [0.25, 0.3) is 0 Å². The molecule has 0 spiro atoms. The zero-order valence-electron chi connectivity index (χ0n) is 12.0. The normalized spacial score (nSPS) is 11.9. The van der Waals surface area contributed by atoms with Gasteiger partial charge in [-0.05, 0) is 12.0 Å². The summed E-state index contributed by atoms with van der Waals surface area (Å²) in [6.45, 7) is 2.71. The standard InChI is InChI=1S/C15H20N4O2/c1-2-8-19-10-13(9-16-19)17-15(21)18-14(11-20)12-6-4-3-5-7-12/h3-7,9-10,14,20H,2,8,11H2,1H3,(H2,17,18,21). The number of aromatic nitrogens is 2. The van der Waals surface area contributed by atoms with E-state index in [0.717, 1.165) is 18.5 Å². The third kappa shape index (κ3) is 4.32. The van der Waals surface area contributed by atoms with Crippen LogP contribution < -0.4 is 10.6 Å². The Morgan fingerprint density at radius 1 is 1.38 bits per heavy atom. The summed E-state index contributed by atoms with van der Waals surface area (Å²) < 4.78 is 1.77. The number of rotatable bonds is 6. The van der Waals surface area contributed by atoms with Crippen molar-refractivity contribution < 1.29 is 9.90 Å². The van der Waals surface area contributed by atoms with Crippen molar-refractivity contribution in [1.82, 2.24) is 15.1 Å². The molecule has 2 amide bonds. The van der Waals surface area contributed by atoms with E-state index in [9.17, 15) is 9.90 Å². The van der Waals surface area contributed by atoms with Crippen molar-refractivity contribution in [2.24, 2.45) is 0 Å². The molecule has 1 aromatic heterocycles. The molecule has 0 aliphatic carbocycles.